The molecule has 2 aliphatic rings. The zero-order valence-electron chi connectivity index (χ0n) is 17.0. The van der Waals surface area contributed by atoms with Gasteiger partial charge in [-0.15, -0.1) is 11.3 Å². The lowest BCUT2D eigenvalue weighted by atomic mass is 9.94. The molecule has 0 spiro atoms. The van der Waals surface area contributed by atoms with Crippen LogP contribution in [0.4, 0.5) is 9.52 Å². The number of halogens is 1. The normalized spacial score (nSPS) is 18.4. The molecule has 1 saturated heterocycles. The highest BCUT2D eigenvalue weighted by atomic mass is 32.1. The lowest BCUT2D eigenvalue weighted by Crippen LogP contribution is -2.52. The topological polar surface area (TPSA) is 65.5 Å². The van der Waals surface area contributed by atoms with Gasteiger partial charge in [0, 0.05) is 43.2 Å². The first-order valence-electron chi connectivity index (χ1n) is 10.6. The smallest absolute Gasteiger partial charge is 0.257 e. The summed E-state index contributed by atoms with van der Waals surface area (Å²) in [6, 6.07) is 6.04. The number of nitrogens with zero attached hydrogens (tertiary/aromatic N) is 3. The van der Waals surface area contributed by atoms with Crippen molar-refractivity contribution in [3.05, 3.63) is 46.7 Å². The van der Waals surface area contributed by atoms with Gasteiger partial charge in [0.2, 0.25) is 5.91 Å². The molecule has 4 rings (SSSR count). The number of benzene rings is 1. The quantitative estimate of drug-likeness (QED) is 0.788. The maximum Gasteiger partial charge on any atom is 0.257 e. The molecule has 1 saturated carbocycles. The van der Waals surface area contributed by atoms with Crippen LogP contribution < -0.4 is 5.32 Å². The van der Waals surface area contributed by atoms with Gasteiger partial charge in [-0.1, -0.05) is 19.3 Å². The highest BCUT2D eigenvalue weighted by Gasteiger charge is 2.27. The van der Waals surface area contributed by atoms with Gasteiger partial charge in [0.15, 0.2) is 5.13 Å². The van der Waals surface area contributed by atoms with Crippen LogP contribution in [0.25, 0.3) is 0 Å². The molecule has 1 aromatic heterocycles. The van der Waals surface area contributed by atoms with Crippen molar-refractivity contribution in [1.29, 1.82) is 0 Å². The molecule has 1 aliphatic carbocycles. The average Bonchev–Trinajstić information content (AvgIpc) is 3.21. The van der Waals surface area contributed by atoms with Crippen LogP contribution in [-0.4, -0.2) is 58.8 Å². The van der Waals surface area contributed by atoms with Gasteiger partial charge in [-0.2, -0.15) is 0 Å². The Morgan fingerprint density at radius 1 is 1.07 bits per heavy atom. The van der Waals surface area contributed by atoms with E-state index in [1.54, 1.807) is 5.38 Å². The van der Waals surface area contributed by atoms with Gasteiger partial charge in [-0.05, 0) is 37.1 Å². The molecule has 1 N–H and O–H groups in total. The third-order valence-electron chi connectivity index (χ3n) is 5.97. The summed E-state index contributed by atoms with van der Waals surface area (Å²) in [6.07, 6.45) is 6.83. The molecular formula is C22H27FN4O2S. The summed E-state index contributed by atoms with van der Waals surface area (Å²) in [4.78, 5) is 33.8. The summed E-state index contributed by atoms with van der Waals surface area (Å²) in [5, 5.41) is 4.95. The fraction of sp³-hybridized carbons (Fsp3) is 0.500. The van der Waals surface area contributed by atoms with Gasteiger partial charge in [0.25, 0.3) is 5.91 Å². The Morgan fingerprint density at radius 3 is 2.47 bits per heavy atom. The molecule has 2 aromatic rings. The molecule has 160 valence electrons. The van der Waals surface area contributed by atoms with E-state index < -0.39 is 0 Å². The first-order chi connectivity index (χ1) is 14.6. The van der Waals surface area contributed by atoms with Crippen LogP contribution in [0.2, 0.25) is 0 Å². The number of piperazine rings is 1. The van der Waals surface area contributed by atoms with Crippen molar-refractivity contribution >= 4 is 28.3 Å². The number of hydrogen-bond donors (Lipinski definition) is 1. The Hall–Kier alpha value is -2.32. The first-order valence-corrected chi connectivity index (χ1v) is 11.5. The maximum absolute atomic E-state index is 13.0. The molecule has 0 bridgehead atoms. The summed E-state index contributed by atoms with van der Waals surface area (Å²) < 4.78 is 13.0. The molecule has 2 fully saturated rings. The van der Waals surface area contributed by atoms with E-state index in [4.69, 9.17) is 0 Å². The number of amides is 2. The number of carbonyl (C=O) groups excluding carboxylic acids is 2. The average molecular weight is 431 g/mol. The van der Waals surface area contributed by atoms with Crippen LogP contribution >= 0.6 is 11.3 Å². The molecule has 30 heavy (non-hydrogen) atoms. The van der Waals surface area contributed by atoms with E-state index in [0.29, 0.717) is 22.4 Å². The van der Waals surface area contributed by atoms with Crippen LogP contribution in [0.15, 0.2) is 29.6 Å². The molecule has 6 nitrogen and oxygen atoms in total. The second-order valence-electron chi connectivity index (χ2n) is 7.99. The lowest BCUT2D eigenvalue weighted by Gasteiger charge is -2.40. The molecule has 2 heterocycles. The Labute approximate surface area is 180 Å². The van der Waals surface area contributed by atoms with E-state index in [9.17, 15) is 14.0 Å². The minimum Gasteiger partial charge on any atom is -0.340 e. The fourth-order valence-electron chi connectivity index (χ4n) is 4.27. The van der Waals surface area contributed by atoms with E-state index in [-0.39, 0.29) is 24.1 Å². The summed E-state index contributed by atoms with van der Waals surface area (Å²) in [5.41, 5.74) is 1.02. The molecule has 1 aliphatic heterocycles. The Bertz CT molecular complexity index is 872. The van der Waals surface area contributed by atoms with Gasteiger partial charge in [0.1, 0.15) is 5.82 Å². The molecule has 1 aromatic carbocycles. The van der Waals surface area contributed by atoms with E-state index in [1.807, 2.05) is 4.90 Å². The van der Waals surface area contributed by atoms with Crippen LogP contribution in [0.3, 0.4) is 0 Å². The van der Waals surface area contributed by atoms with Gasteiger partial charge < -0.3 is 4.90 Å². The second kappa shape index (κ2) is 9.66. The highest BCUT2D eigenvalue weighted by Crippen LogP contribution is 2.24. The predicted molar refractivity (Wildman–Crippen MR) is 115 cm³/mol. The molecule has 8 heteroatoms. The van der Waals surface area contributed by atoms with Crippen molar-refractivity contribution < 1.29 is 14.0 Å². The summed E-state index contributed by atoms with van der Waals surface area (Å²) >= 11 is 1.29. The van der Waals surface area contributed by atoms with Crippen LogP contribution in [0.5, 0.6) is 0 Å². The minimum atomic E-state index is -0.388. The molecular weight excluding hydrogens is 403 g/mol. The SMILES string of the molecule is O=C(Nc1nc(CC(=O)N2CCN(C3CCCCC3)CC2)cs1)c1ccc(F)cc1. The lowest BCUT2D eigenvalue weighted by molar-refractivity contribution is -0.132. The number of carbonyl (C=O) groups is 2. The Kier molecular flexibility index (Phi) is 6.74. The first kappa shape index (κ1) is 20.9. The largest absolute Gasteiger partial charge is 0.340 e. The number of nitrogens with one attached hydrogen (secondary N) is 1. The van der Waals surface area contributed by atoms with E-state index in [0.717, 1.165) is 26.2 Å². The summed E-state index contributed by atoms with van der Waals surface area (Å²) in [5.74, 6) is -0.651. The third kappa shape index (κ3) is 5.23. The number of thiazole rings is 1. The van der Waals surface area contributed by atoms with Crippen LogP contribution in [0.1, 0.15) is 48.2 Å². The van der Waals surface area contributed by atoms with E-state index in [1.165, 1.54) is 67.7 Å². The van der Waals surface area contributed by atoms with Gasteiger partial charge in [-0.25, -0.2) is 9.37 Å². The van der Waals surface area contributed by atoms with Crippen molar-refractivity contribution in [2.45, 2.75) is 44.6 Å². The summed E-state index contributed by atoms with van der Waals surface area (Å²) in [7, 11) is 0. The van der Waals surface area contributed by atoms with E-state index in [2.05, 4.69) is 15.2 Å². The molecule has 0 radical (unpaired) electrons. The molecule has 2 amide bonds. The molecule has 0 unspecified atom stereocenters. The van der Waals surface area contributed by atoms with E-state index >= 15 is 0 Å². The minimum absolute atomic E-state index is 0.0833. The van der Waals surface area contributed by atoms with Crippen molar-refractivity contribution in [2.75, 3.05) is 31.5 Å². The zero-order chi connectivity index (χ0) is 20.9. The van der Waals surface area contributed by atoms with Crippen LogP contribution in [-0.2, 0) is 11.2 Å². The number of hydrogen-bond acceptors (Lipinski definition) is 5. The van der Waals surface area contributed by atoms with Gasteiger partial charge in [0.05, 0.1) is 12.1 Å². The fourth-order valence-corrected chi connectivity index (χ4v) is 4.97. The third-order valence-corrected chi connectivity index (χ3v) is 6.78. The Balaban J connectivity index is 1.26. The number of rotatable bonds is 5. The van der Waals surface area contributed by atoms with Crippen LogP contribution in [0, 0.1) is 5.82 Å². The molecule has 0 atom stereocenters. The van der Waals surface area contributed by atoms with Crippen molar-refractivity contribution in [1.82, 2.24) is 14.8 Å². The zero-order valence-corrected chi connectivity index (χ0v) is 17.8. The summed E-state index contributed by atoms with van der Waals surface area (Å²) in [6.45, 7) is 3.44. The number of aromatic nitrogens is 1. The second-order valence-corrected chi connectivity index (χ2v) is 8.85. The van der Waals surface area contributed by atoms with Gasteiger partial charge >= 0.3 is 0 Å². The van der Waals surface area contributed by atoms with Gasteiger partial charge in [-0.3, -0.25) is 19.8 Å². The predicted octanol–water partition coefficient (Wildman–Crippen LogP) is 3.55. The Morgan fingerprint density at radius 2 is 1.77 bits per heavy atom. The maximum atomic E-state index is 13.0. The van der Waals surface area contributed by atoms with Crippen molar-refractivity contribution in [3.8, 4) is 0 Å². The monoisotopic (exact) mass is 430 g/mol. The van der Waals surface area contributed by atoms with Crippen molar-refractivity contribution in [2.24, 2.45) is 0 Å². The highest BCUT2D eigenvalue weighted by molar-refractivity contribution is 7.14. The van der Waals surface area contributed by atoms with Crippen molar-refractivity contribution in [3.63, 3.8) is 0 Å². The number of anilines is 1. The standard InChI is InChI=1S/C22H27FN4O2S/c23-17-8-6-16(7-9-17)21(29)25-22-24-18(15-30-22)14-20(28)27-12-10-26(11-13-27)19-4-2-1-3-5-19/h6-9,15,19H,1-5,10-14H2,(H,24,25,29).